The third-order valence-electron chi connectivity index (χ3n) is 10.9. The molecule has 0 aromatic carbocycles. The number of carboxylic acid groups (broad SMARTS) is 1. The van der Waals surface area contributed by atoms with Crippen molar-refractivity contribution < 1.29 is 38.2 Å². The molecule has 0 rings (SSSR count). The van der Waals surface area contributed by atoms with Crippen LogP contribution in [0.5, 0.6) is 0 Å². The van der Waals surface area contributed by atoms with E-state index >= 15 is 0 Å². The Balaban J connectivity index is 4.18. The Bertz CT molecular complexity index is 989. The van der Waals surface area contributed by atoms with Crippen LogP contribution in [0.2, 0.25) is 0 Å². The molecule has 0 bridgehead atoms. The van der Waals surface area contributed by atoms with Crippen LogP contribution < -0.4 is 5.11 Å². The van der Waals surface area contributed by atoms with Gasteiger partial charge in [-0.05, 0) is 38.5 Å². The topological polar surface area (TPSA) is 102 Å². The molecule has 0 spiro atoms. The minimum Gasteiger partial charge on any atom is -0.544 e. The van der Waals surface area contributed by atoms with E-state index in [0.29, 0.717) is 12.8 Å². The van der Waals surface area contributed by atoms with E-state index in [-0.39, 0.29) is 42.7 Å². The van der Waals surface area contributed by atoms with Crippen molar-refractivity contribution in [3.05, 3.63) is 24.3 Å². The molecule has 0 aliphatic carbocycles. The average Bonchev–Trinajstić information content (AvgIpc) is 3.17. The van der Waals surface area contributed by atoms with E-state index in [4.69, 9.17) is 14.2 Å². The van der Waals surface area contributed by atoms with Gasteiger partial charge in [-0.25, -0.2) is 0 Å². The van der Waals surface area contributed by atoms with Gasteiger partial charge in [0.1, 0.15) is 12.6 Å². The zero-order chi connectivity index (χ0) is 42.1. The molecular formula is C49H91NO7. The maximum absolute atomic E-state index is 12.7. The van der Waals surface area contributed by atoms with Gasteiger partial charge in [-0.3, -0.25) is 9.59 Å². The predicted octanol–water partition coefficient (Wildman–Crippen LogP) is 11.9. The second-order valence-corrected chi connectivity index (χ2v) is 17.3. The second-order valence-electron chi connectivity index (χ2n) is 17.3. The van der Waals surface area contributed by atoms with Crippen molar-refractivity contribution >= 4 is 17.9 Å². The number of likely N-dealkylation sites (N-methyl/N-ethyl adjacent to an activating group) is 1. The standard InChI is InChI=1S/C49H91NO7/c1-6-8-10-12-14-16-18-20-21-22-23-24-25-26-27-28-30-31-33-35-37-39-47(51)56-44-45(43-55-42-41-46(49(53)54)50(3,4)5)57-48(52)40-38-36-34-32-29-19-17-15-13-11-9-7-2/h8,10,14,16,45-46H,6-7,9,11-13,15,17-44H2,1-5H3/b10-8+,16-14+. The summed E-state index contributed by atoms with van der Waals surface area (Å²) >= 11 is 0. The van der Waals surface area contributed by atoms with Gasteiger partial charge in [-0.1, -0.05) is 186 Å². The summed E-state index contributed by atoms with van der Waals surface area (Å²) in [7, 11) is 5.42. The van der Waals surface area contributed by atoms with Gasteiger partial charge in [0.05, 0.1) is 40.3 Å². The second kappa shape index (κ2) is 40.6. The quantitative estimate of drug-likeness (QED) is 0.0262. The first kappa shape index (κ1) is 54.8. The van der Waals surface area contributed by atoms with Crippen LogP contribution in [0.15, 0.2) is 24.3 Å². The minimum atomic E-state index is -1.12. The summed E-state index contributed by atoms with van der Waals surface area (Å²) in [5.41, 5.74) is 0. The van der Waals surface area contributed by atoms with Crippen LogP contribution in [0.1, 0.15) is 219 Å². The molecule has 0 fully saturated rings. The fraction of sp³-hybridized carbons (Fsp3) is 0.857. The molecule has 8 heteroatoms. The number of quaternary nitrogens is 1. The average molecular weight is 806 g/mol. The number of carbonyl (C=O) groups excluding carboxylic acids is 3. The molecule has 0 amide bonds. The van der Waals surface area contributed by atoms with Crippen LogP contribution in [-0.2, 0) is 28.6 Å². The van der Waals surface area contributed by atoms with Crippen molar-refractivity contribution in [3.63, 3.8) is 0 Å². The molecule has 57 heavy (non-hydrogen) atoms. The molecule has 0 saturated carbocycles. The van der Waals surface area contributed by atoms with Gasteiger partial charge >= 0.3 is 11.9 Å². The lowest BCUT2D eigenvalue weighted by molar-refractivity contribution is -0.889. The molecule has 0 aliphatic heterocycles. The molecule has 0 heterocycles. The fourth-order valence-corrected chi connectivity index (χ4v) is 7.17. The maximum atomic E-state index is 12.7. The molecule has 334 valence electrons. The number of rotatable bonds is 43. The number of ether oxygens (including phenoxy) is 3. The summed E-state index contributed by atoms with van der Waals surface area (Å²) in [5.74, 6) is -1.72. The molecule has 8 nitrogen and oxygen atoms in total. The molecule has 0 radical (unpaired) electrons. The van der Waals surface area contributed by atoms with Crippen molar-refractivity contribution in [3.8, 4) is 0 Å². The van der Waals surface area contributed by atoms with E-state index in [1.54, 1.807) is 21.1 Å². The number of carbonyl (C=O) groups is 3. The highest BCUT2D eigenvalue weighted by molar-refractivity contribution is 5.70. The maximum Gasteiger partial charge on any atom is 0.306 e. The zero-order valence-corrected chi connectivity index (χ0v) is 38.0. The number of hydrogen-bond donors (Lipinski definition) is 0. The molecule has 0 aromatic heterocycles. The molecule has 0 N–H and O–H groups in total. The van der Waals surface area contributed by atoms with Gasteiger partial charge in [-0.2, -0.15) is 0 Å². The van der Waals surface area contributed by atoms with Crippen LogP contribution in [0, 0.1) is 0 Å². The summed E-state index contributed by atoms with van der Waals surface area (Å²) in [5, 5.41) is 11.6. The van der Waals surface area contributed by atoms with E-state index in [2.05, 4.69) is 38.2 Å². The van der Waals surface area contributed by atoms with Crippen LogP contribution in [0.3, 0.4) is 0 Å². The third kappa shape index (κ3) is 39.1. The van der Waals surface area contributed by atoms with E-state index < -0.39 is 18.1 Å². The first-order valence-corrected chi connectivity index (χ1v) is 23.9. The lowest BCUT2D eigenvalue weighted by atomic mass is 10.0. The lowest BCUT2D eigenvalue weighted by Gasteiger charge is -2.34. The lowest BCUT2D eigenvalue weighted by Crippen LogP contribution is -2.55. The van der Waals surface area contributed by atoms with E-state index in [0.717, 1.165) is 51.4 Å². The van der Waals surface area contributed by atoms with Crippen LogP contribution >= 0.6 is 0 Å². The Morgan fingerprint density at radius 2 is 0.982 bits per heavy atom. The van der Waals surface area contributed by atoms with Gasteiger partial charge in [0.15, 0.2) is 6.10 Å². The zero-order valence-electron chi connectivity index (χ0n) is 38.0. The van der Waals surface area contributed by atoms with Crippen LogP contribution in [-0.4, -0.2) is 75.5 Å². The van der Waals surface area contributed by atoms with Crippen LogP contribution in [0.25, 0.3) is 0 Å². The van der Waals surface area contributed by atoms with E-state index in [9.17, 15) is 19.5 Å². The van der Waals surface area contributed by atoms with Crippen molar-refractivity contribution in [2.45, 2.75) is 231 Å². The summed E-state index contributed by atoms with van der Waals surface area (Å²) < 4.78 is 17.2. The molecule has 0 aromatic rings. The molecule has 2 atom stereocenters. The number of unbranched alkanes of at least 4 members (excludes halogenated alkanes) is 25. The highest BCUT2D eigenvalue weighted by Gasteiger charge is 2.25. The van der Waals surface area contributed by atoms with Crippen molar-refractivity contribution in [2.75, 3.05) is 41.0 Å². The van der Waals surface area contributed by atoms with Crippen molar-refractivity contribution in [2.24, 2.45) is 0 Å². The first-order chi connectivity index (χ1) is 27.6. The van der Waals surface area contributed by atoms with Crippen molar-refractivity contribution in [1.82, 2.24) is 0 Å². The minimum absolute atomic E-state index is 0.0458. The molecule has 0 saturated heterocycles. The van der Waals surface area contributed by atoms with Gasteiger partial charge in [0.25, 0.3) is 0 Å². The van der Waals surface area contributed by atoms with E-state index in [1.807, 2.05) is 0 Å². The monoisotopic (exact) mass is 806 g/mol. The summed E-state index contributed by atoms with van der Waals surface area (Å²) in [6.45, 7) is 4.58. The number of aliphatic carboxylic acids is 1. The summed E-state index contributed by atoms with van der Waals surface area (Å²) in [6, 6.07) is -0.722. The fourth-order valence-electron chi connectivity index (χ4n) is 7.17. The van der Waals surface area contributed by atoms with Gasteiger partial charge in [0.2, 0.25) is 0 Å². The Morgan fingerprint density at radius 3 is 1.44 bits per heavy atom. The molecule has 2 unspecified atom stereocenters. The number of esters is 2. The highest BCUT2D eigenvalue weighted by atomic mass is 16.6. The molecule has 0 aliphatic rings. The summed E-state index contributed by atoms with van der Waals surface area (Å²) in [6.07, 6.45) is 44.9. The Kier molecular flexibility index (Phi) is 39.0. The normalized spacial score (nSPS) is 13.1. The number of carboxylic acids is 1. The highest BCUT2D eigenvalue weighted by Crippen LogP contribution is 2.16. The largest absolute Gasteiger partial charge is 0.544 e. The number of nitrogens with zero attached hydrogens (tertiary/aromatic N) is 1. The smallest absolute Gasteiger partial charge is 0.306 e. The Labute approximate surface area is 351 Å². The SMILES string of the molecule is CC/C=C/C/C=C/CCCCCCCCCCCCCCCCC(=O)OCC(COCCC(C(=O)[O-])[N+](C)(C)C)OC(=O)CCCCCCCCCCCCCC. The van der Waals surface area contributed by atoms with E-state index in [1.165, 1.54) is 135 Å². The third-order valence-corrected chi connectivity index (χ3v) is 10.9. The van der Waals surface area contributed by atoms with Gasteiger partial charge in [-0.15, -0.1) is 0 Å². The van der Waals surface area contributed by atoms with Crippen LogP contribution in [0.4, 0.5) is 0 Å². The Morgan fingerprint density at radius 1 is 0.544 bits per heavy atom. The number of allylic oxidation sites excluding steroid dienone is 4. The van der Waals surface area contributed by atoms with Crippen molar-refractivity contribution in [1.29, 1.82) is 0 Å². The van der Waals surface area contributed by atoms with Gasteiger partial charge < -0.3 is 28.6 Å². The number of hydrogen-bond acceptors (Lipinski definition) is 7. The molecular weight excluding hydrogens is 715 g/mol. The predicted molar refractivity (Wildman–Crippen MR) is 236 cm³/mol. The first-order valence-electron chi connectivity index (χ1n) is 23.9. The summed E-state index contributed by atoms with van der Waals surface area (Å²) in [4.78, 5) is 36.9. The Hall–Kier alpha value is -2.19. The van der Waals surface area contributed by atoms with Gasteiger partial charge in [0, 0.05) is 19.3 Å².